The van der Waals surface area contributed by atoms with Crippen LogP contribution in [0, 0.1) is 6.92 Å². The second kappa shape index (κ2) is 7.39. The Morgan fingerprint density at radius 2 is 2.00 bits per heavy atom. The molecular weight excluding hydrogens is 322 g/mol. The number of ether oxygens (including phenoxy) is 2. The van der Waals surface area contributed by atoms with E-state index in [9.17, 15) is 13.2 Å². The van der Waals surface area contributed by atoms with Crippen molar-refractivity contribution in [1.82, 2.24) is 5.32 Å². The van der Waals surface area contributed by atoms with Gasteiger partial charge in [0.2, 0.25) is 5.91 Å². The highest BCUT2D eigenvalue weighted by atomic mass is 32.2. The largest absolute Gasteiger partial charge is 0.356 e. The Hall–Kier alpha value is -1.48. The van der Waals surface area contributed by atoms with Crippen LogP contribution >= 0.6 is 0 Å². The second-order valence-electron chi connectivity index (χ2n) is 5.43. The zero-order chi connectivity index (χ0) is 17.0. The molecule has 1 N–H and O–H groups in total. The van der Waals surface area contributed by atoms with E-state index in [1.165, 1.54) is 26.2 Å². The van der Waals surface area contributed by atoms with E-state index in [0.29, 0.717) is 6.42 Å². The predicted molar refractivity (Wildman–Crippen MR) is 82.2 cm³/mol. The molecule has 0 bridgehead atoms. The average molecular weight is 343 g/mol. The summed E-state index contributed by atoms with van der Waals surface area (Å²) in [5.74, 6) is -0.221. The van der Waals surface area contributed by atoms with E-state index in [0.717, 1.165) is 5.56 Å². The summed E-state index contributed by atoms with van der Waals surface area (Å²) in [6.45, 7) is 3.06. The van der Waals surface area contributed by atoms with Crippen molar-refractivity contribution in [2.24, 2.45) is 0 Å². The zero-order valence-corrected chi connectivity index (χ0v) is 14.1. The topological polar surface area (TPSA) is 90.9 Å². The van der Waals surface area contributed by atoms with E-state index >= 15 is 0 Å². The summed E-state index contributed by atoms with van der Waals surface area (Å²) in [7, 11) is -2.39. The molecule has 0 aliphatic carbocycles. The third kappa shape index (κ3) is 4.74. The van der Waals surface area contributed by atoms with Crippen molar-refractivity contribution < 1.29 is 26.9 Å². The lowest BCUT2D eigenvalue weighted by atomic mass is 10.1. The van der Waals surface area contributed by atoms with Gasteiger partial charge in [0.15, 0.2) is 6.29 Å². The smallest absolute Gasteiger partial charge is 0.297 e. The molecule has 128 valence electrons. The van der Waals surface area contributed by atoms with Crippen LogP contribution < -0.4 is 5.32 Å². The lowest BCUT2D eigenvalue weighted by Gasteiger charge is -2.18. The highest BCUT2D eigenvalue weighted by molar-refractivity contribution is 7.86. The van der Waals surface area contributed by atoms with Crippen molar-refractivity contribution in [1.29, 1.82) is 0 Å². The highest BCUT2D eigenvalue weighted by Crippen LogP contribution is 2.23. The molecule has 1 aromatic carbocycles. The van der Waals surface area contributed by atoms with Gasteiger partial charge in [0.1, 0.15) is 6.10 Å². The minimum atomic E-state index is -3.87. The fourth-order valence-corrected chi connectivity index (χ4v) is 3.27. The van der Waals surface area contributed by atoms with Crippen LogP contribution in [0.2, 0.25) is 0 Å². The molecule has 0 unspecified atom stereocenters. The Balaban J connectivity index is 2.02. The molecule has 0 saturated carbocycles. The molecule has 1 aromatic rings. The molecule has 3 atom stereocenters. The van der Waals surface area contributed by atoms with Gasteiger partial charge in [-0.15, -0.1) is 0 Å². The molecule has 0 aromatic heterocycles. The van der Waals surface area contributed by atoms with Gasteiger partial charge >= 0.3 is 0 Å². The molecule has 1 aliphatic rings. The maximum atomic E-state index is 12.2. The number of carbonyl (C=O) groups excluding carboxylic acids is 1. The van der Waals surface area contributed by atoms with E-state index < -0.39 is 22.5 Å². The predicted octanol–water partition coefficient (Wildman–Crippen LogP) is 0.966. The third-order valence-electron chi connectivity index (χ3n) is 3.57. The molecule has 1 saturated heterocycles. The molecule has 23 heavy (non-hydrogen) atoms. The van der Waals surface area contributed by atoms with Gasteiger partial charge in [-0.05, 0) is 19.1 Å². The molecule has 2 rings (SSSR count). The lowest BCUT2D eigenvalue weighted by Crippen LogP contribution is -2.41. The summed E-state index contributed by atoms with van der Waals surface area (Å²) < 4.78 is 40.1. The van der Waals surface area contributed by atoms with Gasteiger partial charge in [-0.25, -0.2) is 0 Å². The van der Waals surface area contributed by atoms with Gasteiger partial charge in [0, 0.05) is 20.5 Å². The molecule has 7 nitrogen and oxygen atoms in total. The number of carbonyl (C=O) groups is 1. The summed E-state index contributed by atoms with van der Waals surface area (Å²) in [4.78, 5) is 11.3. The van der Waals surface area contributed by atoms with E-state index in [1.54, 1.807) is 12.1 Å². The summed E-state index contributed by atoms with van der Waals surface area (Å²) in [6.07, 6.45) is -0.652. The quantitative estimate of drug-likeness (QED) is 0.774. The van der Waals surface area contributed by atoms with E-state index in [1.807, 2.05) is 6.92 Å². The van der Waals surface area contributed by atoms with Crippen LogP contribution in [-0.4, -0.2) is 46.5 Å². The van der Waals surface area contributed by atoms with E-state index in [4.69, 9.17) is 13.7 Å². The molecular formula is C15H21NO6S. The number of methoxy groups -OCH3 is 1. The number of aryl methyl sites for hydroxylation is 1. The van der Waals surface area contributed by atoms with Crippen molar-refractivity contribution in [3.63, 3.8) is 0 Å². The number of nitrogens with one attached hydrogen (secondary N) is 1. The first-order chi connectivity index (χ1) is 10.8. The molecule has 1 heterocycles. The Morgan fingerprint density at radius 3 is 2.57 bits per heavy atom. The third-order valence-corrected chi connectivity index (χ3v) is 4.87. The van der Waals surface area contributed by atoms with Crippen LogP contribution in [0.15, 0.2) is 29.2 Å². The lowest BCUT2D eigenvalue weighted by molar-refractivity contribution is -0.125. The first-order valence-corrected chi connectivity index (χ1v) is 8.64. The monoisotopic (exact) mass is 343 g/mol. The van der Waals surface area contributed by atoms with Crippen molar-refractivity contribution in [3.8, 4) is 0 Å². The van der Waals surface area contributed by atoms with Gasteiger partial charge in [-0.3, -0.25) is 8.98 Å². The Morgan fingerprint density at radius 1 is 1.35 bits per heavy atom. The van der Waals surface area contributed by atoms with Crippen molar-refractivity contribution in [2.45, 2.75) is 43.6 Å². The number of hydrogen-bond donors (Lipinski definition) is 1. The normalized spacial score (nSPS) is 24.6. The zero-order valence-electron chi connectivity index (χ0n) is 13.3. The summed E-state index contributed by atoms with van der Waals surface area (Å²) in [6, 6.07) is 6.02. The molecule has 1 aliphatic heterocycles. The molecule has 1 amide bonds. The van der Waals surface area contributed by atoms with Gasteiger partial charge < -0.3 is 14.8 Å². The Labute approximate surface area is 136 Å². The van der Waals surface area contributed by atoms with Gasteiger partial charge in [-0.2, -0.15) is 8.42 Å². The second-order valence-corrected chi connectivity index (χ2v) is 7.05. The highest BCUT2D eigenvalue weighted by Gasteiger charge is 2.37. The maximum Gasteiger partial charge on any atom is 0.297 e. The fraction of sp³-hybridized carbons (Fsp3) is 0.533. The molecule has 1 fully saturated rings. The first kappa shape index (κ1) is 17.9. The van der Waals surface area contributed by atoms with Crippen LogP contribution in [0.25, 0.3) is 0 Å². The Bertz CT molecular complexity index is 642. The van der Waals surface area contributed by atoms with Gasteiger partial charge in [-0.1, -0.05) is 17.7 Å². The first-order valence-electron chi connectivity index (χ1n) is 7.23. The summed E-state index contributed by atoms with van der Waals surface area (Å²) in [5, 5.41) is 2.72. The number of rotatable bonds is 6. The van der Waals surface area contributed by atoms with E-state index in [-0.39, 0.29) is 23.5 Å². The van der Waals surface area contributed by atoms with Crippen LogP contribution in [0.1, 0.15) is 18.9 Å². The van der Waals surface area contributed by atoms with Gasteiger partial charge in [0.05, 0.1) is 17.5 Å². The average Bonchev–Trinajstić information content (AvgIpc) is 2.87. The van der Waals surface area contributed by atoms with Crippen molar-refractivity contribution in [2.75, 3.05) is 13.7 Å². The molecule has 0 radical (unpaired) electrons. The molecule has 8 heteroatoms. The van der Waals surface area contributed by atoms with Crippen LogP contribution in [0.5, 0.6) is 0 Å². The number of benzene rings is 1. The maximum absolute atomic E-state index is 12.2. The van der Waals surface area contributed by atoms with E-state index in [2.05, 4.69) is 5.32 Å². The van der Waals surface area contributed by atoms with Gasteiger partial charge in [0.25, 0.3) is 10.1 Å². The minimum absolute atomic E-state index is 0.0838. The number of hydrogen-bond acceptors (Lipinski definition) is 6. The Kier molecular flexibility index (Phi) is 5.74. The van der Waals surface area contributed by atoms with Crippen molar-refractivity contribution in [3.05, 3.63) is 29.8 Å². The van der Waals surface area contributed by atoms with Crippen molar-refractivity contribution >= 4 is 16.0 Å². The SMILES string of the molecule is CO[C@H]1C[C@@H](NC(C)=O)[C@@H](COS(=O)(=O)c2ccc(C)cc2)O1. The van der Waals surface area contributed by atoms with Crippen LogP contribution in [-0.2, 0) is 28.6 Å². The summed E-state index contributed by atoms with van der Waals surface area (Å²) >= 11 is 0. The summed E-state index contributed by atoms with van der Waals surface area (Å²) in [5.41, 5.74) is 0.955. The number of amides is 1. The standard InChI is InChI=1S/C15H21NO6S/c1-10-4-6-12(7-5-10)23(18,19)21-9-14-13(16-11(2)17)8-15(20-3)22-14/h4-7,13-15H,8-9H2,1-3H3,(H,16,17)/t13-,14-,15-/m1/s1. The fourth-order valence-electron chi connectivity index (χ4n) is 2.35. The van der Waals surface area contributed by atoms with Crippen LogP contribution in [0.4, 0.5) is 0 Å². The minimum Gasteiger partial charge on any atom is -0.356 e. The van der Waals surface area contributed by atoms with Crippen LogP contribution in [0.3, 0.4) is 0 Å². The molecule has 0 spiro atoms.